The molecule has 1 aromatic carbocycles. The van der Waals surface area contributed by atoms with Crippen molar-refractivity contribution in [3.8, 4) is 11.4 Å². The Morgan fingerprint density at radius 2 is 1.87 bits per heavy atom. The molecule has 23 heavy (non-hydrogen) atoms. The van der Waals surface area contributed by atoms with Crippen molar-refractivity contribution in [2.45, 2.75) is 12.8 Å². The normalized spacial score (nSPS) is 10.5. The number of carbonyl (C=O) groups is 1. The Kier molecular flexibility index (Phi) is 4.78. The third-order valence-electron chi connectivity index (χ3n) is 3.55. The lowest BCUT2D eigenvalue weighted by molar-refractivity contribution is -0.118. The molecule has 2 heterocycles. The van der Waals surface area contributed by atoms with Crippen LogP contribution in [-0.2, 0) is 11.2 Å². The number of nitrogens with zero attached hydrogens (tertiary/aromatic N) is 3. The second-order valence-corrected chi connectivity index (χ2v) is 6.07. The number of benzene rings is 1. The first-order valence-electron chi connectivity index (χ1n) is 7.41. The third kappa shape index (κ3) is 3.81. The Labute approximate surface area is 139 Å². The average molecular weight is 323 g/mol. The maximum Gasteiger partial charge on any atom is 0.227 e. The highest BCUT2D eigenvalue weighted by Crippen LogP contribution is 2.21. The molecule has 0 radical (unpaired) electrons. The van der Waals surface area contributed by atoms with Gasteiger partial charge in [-0.3, -0.25) is 9.78 Å². The molecule has 0 N–H and O–H groups in total. The van der Waals surface area contributed by atoms with Crippen molar-refractivity contribution in [1.29, 1.82) is 0 Å². The molecule has 3 rings (SSSR count). The lowest BCUT2D eigenvalue weighted by Crippen LogP contribution is -2.26. The molecule has 0 aliphatic heterocycles. The summed E-state index contributed by atoms with van der Waals surface area (Å²) >= 11 is 1.57. The molecule has 0 bridgehead atoms. The van der Waals surface area contributed by atoms with Crippen LogP contribution in [0.1, 0.15) is 11.4 Å². The minimum atomic E-state index is 0.0887. The lowest BCUT2D eigenvalue weighted by atomic mass is 10.2. The third-order valence-corrected chi connectivity index (χ3v) is 4.46. The number of thiazole rings is 1. The predicted molar refractivity (Wildman–Crippen MR) is 93.5 cm³/mol. The fourth-order valence-electron chi connectivity index (χ4n) is 2.23. The van der Waals surface area contributed by atoms with Crippen LogP contribution in [0, 0.1) is 0 Å². The van der Waals surface area contributed by atoms with Crippen LogP contribution in [0.4, 0.5) is 5.69 Å². The number of pyridine rings is 1. The van der Waals surface area contributed by atoms with E-state index in [1.807, 2.05) is 53.9 Å². The molecule has 116 valence electrons. The summed E-state index contributed by atoms with van der Waals surface area (Å²) < 4.78 is 0. The summed E-state index contributed by atoms with van der Waals surface area (Å²) in [6.45, 7) is 0. The zero-order valence-corrected chi connectivity index (χ0v) is 13.7. The summed E-state index contributed by atoms with van der Waals surface area (Å²) in [6.07, 6.45) is 2.85. The maximum atomic E-state index is 12.3. The zero-order valence-electron chi connectivity index (χ0n) is 12.8. The molecule has 0 aliphatic rings. The van der Waals surface area contributed by atoms with Crippen LogP contribution in [-0.4, -0.2) is 22.9 Å². The van der Waals surface area contributed by atoms with Crippen molar-refractivity contribution in [2.75, 3.05) is 11.9 Å². The van der Waals surface area contributed by atoms with E-state index in [1.54, 1.807) is 29.5 Å². The van der Waals surface area contributed by atoms with Gasteiger partial charge in [0.2, 0.25) is 5.91 Å². The Hall–Kier alpha value is -2.53. The van der Waals surface area contributed by atoms with Gasteiger partial charge >= 0.3 is 0 Å². The van der Waals surface area contributed by atoms with Crippen molar-refractivity contribution in [1.82, 2.24) is 9.97 Å². The predicted octanol–water partition coefficient (Wildman–Crippen LogP) is 3.80. The topological polar surface area (TPSA) is 46.1 Å². The second kappa shape index (κ2) is 7.15. The van der Waals surface area contributed by atoms with Gasteiger partial charge in [-0.15, -0.1) is 11.3 Å². The molecule has 3 aromatic rings. The second-order valence-electron chi connectivity index (χ2n) is 5.13. The van der Waals surface area contributed by atoms with Gasteiger partial charge in [0.05, 0.1) is 16.4 Å². The van der Waals surface area contributed by atoms with Crippen molar-refractivity contribution in [3.05, 3.63) is 65.1 Å². The van der Waals surface area contributed by atoms with Crippen molar-refractivity contribution in [3.63, 3.8) is 0 Å². The average Bonchev–Trinajstić information content (AvgIpc) is 3.09. The first-order chi connectivity index (χ1) is 11.2. The Morgan fingerprint density at radius 3 is 2.61 bits per heavy atom. The van der Waals surface area contributed by atoms with Crippen LogP contribution in [0.5, 0.6) is 0 Å². The number of para-hydroxylation sites is 1. The fourth-order valence-corrected chi connectivity index (χ4v) is 3.03. The van der Waals surface area contributed by atoms with Gasteiger partial charge in [0.15, 0.2) is 0 Å². The van der Waals surface area contributed by atoms with E-state index in [1.165, 1.54) is 0 Å². The van der Waals surface area contributed by atoms with Crippen LogP contribution >= 0.6 is 11.3 Å². The molecule has 0 aliphatic carbocycles. The van der Waals surface area contributed by atoms with Gasteiger partial charge < -0.3 is 4.90 Å². The minimum Gasteiger partial charge on any atom is -0.315 e. The van der Waals surface area contributed by atoms with E-state index in [0.29, 0.717) is 12.8 Å². The van der Waals surface area contributed by atoms with Gasteiger partial charge in [-0.1, -0.05) is 24.3 Å². The van der Waals surface area contributed by atoms with Gasteiger partial charge in [0, 0.05) is 37.2 Å². The molecule has 2 aromatic heterocycles. The molecule has 0 unspecified atom stereocenters. The highest BCUT2D eigenvalue weighted by Gasteiger charge is 2.12. The number of aromatic nitrogens is 2. The molecule has 0 saturated heterocycles. The SMILES string of the molecule is CN(C(=O)CCc1nc(-c2ccccn2)cs1)c1ccccc1. The minimum absolute atomic E-state index is 0.0887. The Balaban J connectivity index is 1.61. The van der Waals surface area contributed by atoms with Crippen LogP contribution in [0.2, 0.25) is 0 Å². The number of hydrogen-bond acceptors (Lipinski definition) is 4. The number of amides is 1. The molecule has 1 amide bonds. The zero-order chi connectivity index (χ0) is 16.1. The molecular formula is C18H17N3OS. The van der Waals surface area contributed by atoms with Gasteiger partial charge in [-0.25, -0.2) is 4.98 Å². The quantitative estimate of drug-likeness (QED) is 0.717. The summed E-state index contributed by atoms with van der Waals surface area (Å²) in [5, 5.41) is 2.95. The number of rotatable bonds is 5. The lowest BCUT2D eigenvalue weighted by Gasteiger charge is -2.16. The summed E-state index contributed by atoms with van der Waals surface area (Å²) in [7, 11) is 1.80. The standard InChI is InChI=1S/C18H17N3OS/c1-21(14-7-3-2-4-8-14)18(22)11-10-17-20-16(13-23-17)15-9-5-6-12-19-15/h2-9,12-13H,10-11H2,1H3. The van der Waals surface area contributed by atoms with Crippen molar-refractivity contribution in [2.24, 2.45) is 0 Å². The summed E-state index contributed by atoms with van der Waals surface area (Å²) in [6, 6.07) is 15.4. The van der Waals surface area contributed by atoms with Gasteiger partial charge in [-0.05, 0) is 24.3 Å². The van der Waals surface area contributed by atoms with E-state index >= 15 is 0 Å². The first-order valence-corrected chi connectivity index (χ1v) is 8.29. The molecule has 0 saturated carbocycles. The summed E-state index contributed by atoms with van der Waals surface area (Å²) in [4.78, 5) is 22.8. The summed E-state index contributed by atoms with van der Waals surface area (Å²) in [5.74, 6) is 0.0887. The molecule has 4 nitrogen and oxygen atoms in total. The maximum absolute atomic E-state index is 12.3. The molecule has 0 atom stereocenters. The number of aryl methyl sites for hydroxylation is 1. The van der Waals surface area contributed by atoms with E-state index in [9.17, 15) is 4.79 Å². The van der Waals surface area contributed by atoms with E-state index in [0.717, 1.165) is 22.1 Å². The number of carbonyl (C=O) groups excluding carboxylic acids is 1. The van der Waals surface area contributed by atoms with E-state index in [-0.39, 0.29) is 5.91 Å². The smallest absolute Gasteiger partial charge is 0.227 e. The molecular weight excluding hydrogens is 306 g/mol. The molecule has 0 spiro atoms. The van der Waals surface area contributed by atoms with E-state index in [4.69, 9.17) is 0 Å². The van der Waals surface area contributed by atoms with E-state index in [2.05, 4.69) is 9.97 Å². The van der Waals surface area contributed by atoms with Crippen molar-refractivity contribution >= 4 is 22.9 Å². The van der Waals surface area contributed by atoms with Gasteiger partial charge in [0.1, 0.15) is 0 Å². The van der Waals surface area contributed by atoms with E-state index < -0.39 is 0 Å². The number of hydrogen-bond donors (Lipinski definition) is 0. The highest BCUT2D eigenvalue weighted by molar-refractivity contribution is 7.09. The number of anilines is 1. The Bertz CT molecular complexity index is 771. The van der Waals surface area contributed by atoms with Crippen LogP contribution < -0.4 is 4.90 Å². The largest absolute Gasteiger partial charge is 0.315 e. The highest BCUT2D eigenvalue weighted by atomic mass is 32.1. The van der Waals surface area contributed by atoms with Gasteiger partial charge in [-0.2, -0.15) is 0 Å². The molecule has 5 heteroatoms. The van der Waals surface area contributed by atoms with Crippen LogP contribution in [0.25, 0.3) is 11.4 Å². The van der Waals surface area contributed by atoms with Crippen LogP contribution in [0.3, 0.4) is 0 Å². The first kappa shape index (κ1) is 15.4. The van der Waals surface area contributed by atoms with Crippen molar-refractivity contribution < 1.29 is 4.79 Å². The van der Waals surface area contributed by atoms with Gasteiger partial charge in [0.25, 0.3) is 0 Å². The van der Waals surface area contributed by atoms with Crippen LogP contribution in [0.15, 0.2) is 60.1 Å². The fraction of sp³-hybridized carbons (Fsp3) is 0.167. The Morgan fingerprint density at radius 1 is 1.09 bits per heavy atom. The monoisotopic (exact) mass is 323 g/mol. The molecule has 0 fully saturated rings. The summed E-state index contributed by atoms with van der Waals surface area (Å²) in [5.41, 5.74) is 2.64.